The molecule has 9 heteroatoms. The molecule has 2 heterocycles. The third kappa shape index (κ3) is 7.46. The van der Waals surface area contributed by atoms with Crippen LogP contribution in [0.1, 0.15) is 26.2 Å². The number of piperidine rings is 1. The van der Waals surface area contributed by atoms with Gasteiger partial charge in [-0.15, -0.1) is 5.53 Å². The van der Waals surface area contributed by atoms with Gasteiger partial charge in [0.05, 0.1) is 45.3 Å². The van der Waals surface area contributed by atoms with Crippen LogP contribution in [0.4, 0.5) is 5.69 Å². The zero-order valence-corrected chi connectivity index (χ0v) is 19.0. The molecule has 0 atom stereocenters. The lowest BCUT2D eigenvalue weighted by molar-refractivity contribution is -0.119. The number of para-hydroxylation sites is 1. The molecule has 32 heavy (non-hydrogen) atoms. The number of aliphatic hydroxyl groups is 1. The Morgan fingerprint density at radius 3 is 2.53 bits per heavy atom. The molecule has 2 aliphatic rings. The van der Waals surface area contributed by atoms with E-state index in [1.807, 2.05) is 47.2 Å². The van der Waals surface area contributed by atoms with Gasteiger partial charge in [-0.05, 0) is 25.0 Å². The maximum absolute atomic E-state index is 12.6. The number of anilines is 1. The lowest BCUT2D eigenvalue weighted by atomic mass is 10.0. The van der Waals surface area contributed by atoms with Crippen LogP contribution in [0.5, 0.6) is 0 Å². The second kappa shape index (κ2) is 13.4. The number of rotatable bonds is 13. The van der Waals surface area contributed by atoms with Crippen molar-refractivity contribution in [2.24, 2.45) is 0 Å². The number of amides is 1. The summed E-state index contributed by atoms with van der Waals surface area (Å²) in [7, 11) is 0. The van der Waals surface area contributed by atoms with E-state index in [2.05, 4.69) is 22.1 Å². The van der Waals surface area contributed by atoms with Crippen molar-refractivity contribution in [3.8, 4) is 0 Å². The molecule has 1 aromatic carbocycles. The molecule has 3 N–H and O–H groups in total. The van der Waals surface area contributed by atoms with Gasteiger partial charge in [-0.2, -0.15) is 0 Å². The molecule has 0 aromatic heterocycles. The van der Waals surface area contributed by atoms with Gasteiger partial charge in [0.15, 0.2) is 0 Å². The maximum Gasteiger partial charge on any atom is 0.226 e. The molecule has 0 radical (unpaired) electrons. The third-order valence-corrected chi connectivity index (χ3v) is 5.68. The summed E-state index contributed by atoms with van der Waals surface area (Å²) in [5.41, 5.74) is 8.50. The van der Waals surface area contributed by atoms with Gasteiger partial charge in [-0.1, -0.05) is 25.1 Å². The quantitative estimate of drug-likeness (QED) is 0.387. The summed E-state index contributed by atoms with van der Waals surface area (Å²) in [6, 6.07) is 10.3. The average molecular weight is 448 g/mol. The predicted octanol–water partition coefficient (Wildman–Crippen LogP) is 1.09. The summed E-state index contributed by atoms with van der Waals surface area (Å²) in [6.07, 6.45) is 4.54. The molecule has 0 saturated carbocycles. The van der Waals surface area contributed by atoms with Crippen LogP contribution in [-0.2, 0) is 14.3 Å². The van der Waals surface area contributed by atoms with Crippen LogP contribution >= 0.6 is 0 Å². The van der Waals surface area contributed by atoms with Crippen LogP contribution in [0, 0.1) is 0 Å². The van der Waals surface area contributed by atoms with E-state index in [4.69, 9.17) is 14.6 Å². The van der Waals surface area contributed by atoms with E-state index in [1.165, 1.54) is 0 Å². The summed E-state index contributed by atoms with van der Waals surface area (Å²) in [5, 5.41) is 10.6. The van der Waals surface area contributed by atoms with Gasteiger partial charge in [-0.3, -0.25) is 14.7 Å². The Hall–Kier alpha value is -2.17. The molecule has 2 aliphatic heterocycles. The fourth-order valence-corrected chi connectivity index (χ4v) is 4.04. The summed E-state index contributed by atoms with van der Waals surface area (Å²) < 4.78 is 10.7. The topological polar surface area (TPSA) is 89.5 Å². The van der Waals surface area contributed by atoms with Crippen molar-refractivity contribution in [2.75, 3.05) is 64.1 Å². The van der Waals surface area contributed by atoms with E-state index >= 15 is 0 Å². The van der Waals surface area contributed by atoms with Crippen molar-refractivity contribution in [3.05, 3.63) is 42.2 Å². The molecule has 0 bridgehead atoms. The first kappa shape index (κ1) is 24.5. The molecule has 178 valence electrons. The van der Waals surface area contributed by atoms with Crippen LogP contribution in [0.25, 0.3) is 0 Å². The average Bonchev–Trinajstić information content (AvgIpc) is 3.27. The Labute approximate surface area is 190 Å². The van der Waals surface area contributed by atoms with Crippen molar-refractivity contribution in [3.63, 3.8) is 0 Å². The number of hydrogen-bond donors (Lipinski definition) is 3. The smallest absolute Gasteiger partial charge is 0.226 e. The van der Waals surface area contributed by atoms with Crippen LogP contribution < -0.4 is 15.9 Å². The number of nitrogens with zero attached hydrogens (tertiary/aromatic N) is 3. The summed E-state index contributed by atoms with van der Waals surface area (Å²) in [5.74, 6) is 0.192. The van der Waals surface area contributed by atoms with Crippen molar-refractivity contribution in [1.29, 1.82) is 0 Å². The number of carbonyl (C=O) groups excluding carboxylic acids is 1. The molecule has 3 rings (SSSR count). The van der Waals surface area contributed by atoms with E-state index in [0.717, 1.165) is 50.4 Å². The summed E-state index contributed by atoms with van der Waals surface area (Å²) in [4.78, 5) is 17.1. The molecule has 1 aromatic rings. The Morgan fingerprint density at radius 2 is 1.84 bits per heavy atom. The lowest BCUT2D eigenvalue weighted by Gasteiger charge is -2.38. The first-order valence-electron chi connectivity index (χ1n) is 11.6. The summed E-state index contributed by atoms with van der Waals surface area (Å²) >= 11 is 0. The normalized spacial score (nSPS) is 17.3. The predicted molar refractivity (Wildman–Crippen MR) is 123 cm³/mol. The fraction of sp³-hybridized carbons (Fsp3) is 0.609. The van der Waals surface area contributed by atoms with Gasteiger partial charge in [0.2, 0.25) is 5.91 Å². The number of carbonyl (C=O) groups is 1. The largest absolute Gasteiger partial charge is 0.394 e. The Kier molecular flexibility index (Phi) is 10.2. The second-order valence-corrected chi connectivity index (χ2v) is 7.99. The standard InChI is InChI=1S/C23H37N5O4/c1-2-23(30)28(21-6-4-3-5-7-21)22-8-10-26(11-9-22)18-20-19-27(25-24-20)12-14-31-16-17-32-15-13-29/h3-7,19,22,24-25,29H,2,8-18H2,1H3. The van der Waals surface area contributed by atoms with Gasteiger partial charge in [0, 0.05) is 44.0 Å². The number of benzene rings is 1. The van der Waals surface area contributed by atoms with Crippen molar-refractivity contribution >= 4 is 11.6 Å². The molecule has 9 nitrogen and oxygen atoms in total. The third-order valence-electron chi connectivity index (χ3n) is 5.68. The van der Waals surface area contributed by atoms with E-state index in [1.54, 1.807) is 0 Å². The molecular weight excluding hydrogens is 410 g/mol. The molecule has 0 unspecified atom stereocenters. The first-order chi connectivity index (χ1) is 15.7. The number of hydrazine groups is 2. The number of ether oxygens (including phenoxy) is 2. The molecule has 1 saturated heterocycles. The Balaban J connectivity index is 1.39. The Morgan fingerprint density at radius 1 is 1.12 bits per heavy atom. The number of aliphatic hydroxyl groups excluding tert-OH is 1. The molecule has 1 amide bonds. The minimum Gasteiger partial charge on any atom is -0.394 e. The highest BCUT2D eigenvalue weighted by atomic mass is 16.5. The highest BCUT2D eigenvalue weighted by Crippen LogP contribution is 2.25. The molecule has 1 fully saturated rings. The monoisotopic (exact) mass is 447 g/mol. The molecule has 0 aliphatic carbocycles. The first-order valence-corrected chi connectivity index (χ1v) is 11.6. The van der Waals surface area contributed by atoms with Gasteiger partial charge in [-0.25, -0.2) is 0 Å². The minimum atomic E-state index is 0.0385. The van der Waals surface area contributed by atoms with Crippen molar-refractivity contribution in [1.82, 2.24) is 20.9 Å². The van der Waals surface area contributed by atoms with E-state index < -0.39 is 0 Å². The Bertz CT molecular complexity index is 710. The minimum absolute atomic E-state index is 0.0385. The van der Waals surface area contributed by atoms with Gasteiger partial charge < -0.3 is 24.9 Å². The lowest BCUT2D eigenvalue weighted by Crippen LogP contribution is -2.48. The maximum atomic E-state index is 12.6. The van der Waals surface area contributed by atoms with E-state index in [-0.39, 0.29) is 18.6 Å². The summed E-state index contributed by atoms with van der Waals surface area (Å²) in [6.45, 7) is 7.42. The van der Waals surface area contributed by atoms with Gasteiger partial charge in [0.1, 0.15) is 0 Å². The number of hydrogen-bond acceptors (Lipinski definition) is 8. The van der Waals surface area contributed by atoms with Crippen LogP contribution in [-0.4, -0.2) is 86.2 Å². The van der Waals surface area contributed by atoms with Crippen molar-refractivity contribution in [2.45, 2.75) is 32.2 Å². The van der Waals surface area contributed by atoms with Gasteiger partial charge in [0.25, 0.3) is 0 Å². The van der Waals surface area contributed by atoms with E-state index in [9.17, 15) is 4.79 Å². The van der Waals surface area contributed by atoms with E-state index in [0.29, 0.717) is 32.8 Å². The highest BCUT2D eigenvalue weighted by molar-refractivity contribution is 5.93. The highest BCUT2D eigenvalue weighted by Gasteiger charge is 2.29. The van der Waals surface area contributed by atoms with Crippen LogP contribution in [0.2, 0.25) is 0 Å². The zero-order valence-electron chi connectivity index (χ0n) is 19.0. The molecule has 0 spiro atoms. The SMILES string of the molecule is CCC(=O)N(c1ccccc1)C1CCN(CC2=CN(CCOCCOCCO)NN2)CC1. The second-order valence-electron chi connectivity index (χ2n) is 7.99. The fourth-order valence-electron chi connectivity index (χ4n) is 4.04. The number of nitrogens with one attached hydrogen (secondary N) is 2. The van der Waals surface area contributed by atoms with Crippen molar-refractivity contribution < 1.29 is 19.4 Å². The molecular formula is C23H37N5O4. The van der Waals surface area contributed by atoms with Crippen LogP contribution in [0.3, 0.4) is 0 Å². The zero-order chi connectivity index (χ0) is 22.6. The van der Waals surface area contributed by atoms with Crippen LogP contribution in [0.15, 0.2) is 42.2 Å². The number of likely N-dealkylation sites (tertiary alicyclic amines) is 1. The van der Waals surface area contributed by atoms with Gasteiger partial charge >= 0.3 is 0 Å².